The lowest BCUT2D eigenvalue weighted by atomic mass is 10.1. The molecule has 0 amide bonds. The number of aryl methyl sites for hydroxylation is 2. The number of likely N-dealkylation sites (tertiary alicyclic amines) is 1. The second-order valence-corrected chi connectivity index (χ2v) is 9.40. The van der Waals surface area contributed by atoms with Crippen LogP contribution in [0.15, 0.2) is 4.99 Å². The van der Waals surface area contributed by atoms with E-state index in [1.807, 2.05) is 0 Å². The molecule has 1 aromatic rings. The summed E-state index contributed by atoms with van der Waals surface area (Å²) in [5, 5.41) is 16.0. The topological polar surface area (TPSA) is 70.4 Å². The summed E-state index contributed by atoms with van der Waals surface area (Å²) in [6, 6.07) is 0.525. The van der Waals surface area contributed by atoms with E-state index in [1.54, 1.807) is 0 Å². The maximum Gasteiger partial charge on any atom is 0.191 e. The van der Waals surface area contributed by atoms with Crippen LogP contribution >= 0.6 is 24.0 Å². The summed E-state index contributed by atoms with van der Waals surface area (Å²) in [5.41, 5.74) is 0. The number of hydrogen-bond acceptors (Lipinski definition) is 4. The van der Waals surface area contributed by atoms with Crippen LogP contribution < -0.4 is 10.6 Å². The lowest BCUT2D eigenvalue weighted by Gasteiger charge is -2.21. The van der Waals surface area contributed by atoms with Crippen LogP contribution in [0.1, 0.15) is 76.4 Å². The Hall–Kier alpha value is -0.900. The van der Waals surface area contributed by atoms with E-state index < -0.39 is 0 Å². The Kier molecular flexibility index (Phi) is 10.3. The molecule has 3 heterocycles. The molecule has 0 bridgehead atoms. The molecular formula is C23H42IN7. The Balaban J connectivity index is 0.00000272. The van der Waals surface area contributed by atoms with Gasteiger partial charge in [-0.05, 0) is 51.4 Å². The van der Waals surface area contributed by atoms with Crippen molar-refractivity contribution in [1.29, 1.82) is 0 Å². The second-order valence-electron chi connectivity index (χ2n) is 9.40. The van der Waals surface area contributed by atoms with Gasteiger partial charge in [-0.15, -0.1) is 34.2 Å². The summed E-state index contributed by atoms with van der Waals surface area (Å²) in [6.45, 7) is 8.65. The molecule has 0 aromatic carbocycles. The van der Waals surface area contributed by atoms with Gasteiger partial charge in [-0.2, -0.15) is 0 Å². The lowest BCUT2D eigenvalue weighted by molar-refractivity contribution is 0.275. The van der Waals surface area contributed by atoms with Crippen molar-refractivity contribution in [2.45, 2.75) is 90.1 Å². The minimum Gasteiger partial charge on any atom is -0.357 e. The Labute approximate surface area is 205 Å². The molecule has 1 atom stereocenters. The molecule has 0 radical (unpaired) electrons. The number of hydrogen-bond donors (Lipinski definition) is 2. The predicted octanol–water partition coefficient (Wildman–Crippen LogP) is 3.37. The standard InChI is InChI=1S/C23H41N7.HI/c1-2-24-23(26-20-13-16-29(18-20)17-19-9-5-6-10-19)25-14-8-12-22-28-27-21-11-4-3-7-15-30(21)22;/h19-20H,2-18H2,1H3,(H2,24,25,26);1H. The molecule has 1 aromatic heterocycles. The number of fused-ring (bicyclic) bond motifs is 1. The third-order valence-corrected chi connectivity index (χ3v) is 6.96. The third kappa shape index (κ3) is 7.30. The zero-order valence-corrected chi connectivity index (χ0v) is 21.7. The molecule has 2 fully saturated rings. The first kappa shape index (κ1) is 24.7. The molecule has 176 valence electrons. The predicted molar refractivity (Wildman–Crippen MR) is 137 cm³/mol. The van der Waals surface area contributed by atoms with E-state index in [-0.39, 0.29) is 24.0 Å². The first-order valence-electron chi connectivity index (χ1n) is 12.5. The van der Waals surface area contributed by atoms with Gasteiger partial charge < -0.3 is 20.1 Å². The molecule has 1 aliphatic carbocycles. The van der Waals surface area contributed by atoms with Gasteiger partial charge in [0.1, 0.15) is 11.6 Å². The first-order chi connectivity index (χ1) is 14.8. The minimum absolute atomic E-state index is 0. The molecule has 1 unspecified atom stereocenters. The normalized spacial score (nSPS) is 22.7. The van der Waals surface area contributed by atoms with Gasteiger partial charge in [0.25, 0.3) is 0 Å². The van der Waals surface area contributed by atoms with Gasteiger partial charge in [0.15, 0.2) is 5.96 Å². The Morgan fingerprint density at radius 1 is 1.06 bits per heavy atom. The molecule has 8 heteroatoms. The number of halogens is 1. The van der Waals surface area contributed by atoms with Gasteiger partial charge in [-0.3, -0.25) is 4.99 Å². The van der Waals surface area contributed by atoms with Crippen molar-refractivity contribution in [3.8, 4) is 0 Å². The van der Waals surface area contributed by atoms with Crippen LogP contribution in [0.3, 0.4) is 0 Å². The molecule has 3 aliphatic rings. The van der Waals surface area contributed by atoms with Crippen LogP contribution in [0, 0.1) is 5.92 Å². The molecule has 0 spiro atoms. The number of aliphatic imine (C=N–C) groups is 1. The molecular weight excluding hydrogens is 501 g/mol. The zero-order chi connectivity index (χ0) is 20.6. The molecule has 2 aliphatic heterocycles. The highest BCUT2D eigenvalue weighted by Crippen LogP contribution is 2.26. The highest BCUT2D eigenvalue weighted by molar-refractivity contribution is 14.0. The van der Waals surface area contributed by atoms with Crippen LogP contribution in [0.2, 0.25) is 0 Å². The van der Waals surface area contributed by atoms with Crippen LogP contribution in [0.25, 0.3) is 0 Å². The van der Waals surface area contributed by atoms with E-state index in [9.17, 15) is 0 Å². The monoisotopic (exact) mass is 543 g/mol. The quantitative estimate of drug-likeness (QED) is 0.228. The molecule has 4 rings (SSSR count). The smallest absolute Gasteiger partial charge is 0.191 e. The maximum absolute atomic E-state index is 4.85. The average Bonchev–Trinajstić information content (AvgIpc) is 3.46. The fraction of sp³-hybridized carbons (Fsp3) is 0.870. The summed E-state index contributed by atoms with van der Waals surface area (Å²) in [6.07, 6.45) is 13.9. The lowest BCUT2D eigenvalue weighted by Crippen LogP contribution is -2.44. The molecule has 31 heavy (non-hydrogen) atoms. The molecule has 7 nitrogen and oxygen atoms in total. The van der Waals surface area contributed by atoms with Gasteiger partial charge in [0.2, 0.25) is 0 Å². The summed E-state index contributed by atoms with van der Waals surface area (Å²) < 4.78 is 2.36. The van der Waals surface area contributed by atoms with E-state index in [1.165, 1.54) is 70.3 Å². The Morgan fingerprint density at radius 3 is 2.77 bits per heavy atom. The van der Waals surface area contributed by atoms with Crippen molar-refractivity contribution in [3.63, 3.8) is 0 Å². The fourth-order valence-electron chi connectivity index (χ4n) is 5.35. The fourth-order valence-corrected chi connectivity index (χ4v) is 5.35. The summed E-state index contributed by atoms with van der Waals surface area (Å²) in [5.74, 6) is 4.26. The largest absolute Gasteiger partial charge is 0.357 e. The van der Waals surface area contributed by atoms with E-state index >= 15 is 0 Å². The van der Waals surface area contributed by atoms with Crippen LogP contribution in [0.4, 0.5) is 0 Å². The van der Waals surface area contributed by atoms with E-state index in [0.717, 1.165) is 63.1 Å². The SMILES string of the molecule is CCNC(=NCCCc1nnc2n1CCCCC2)NC1CCN(CC2CCCC2)C1.I. The highest BCUT2D eigenvalue weighted by Gasteiger charge is 2.26. The van der Waals surface area contributed by atoms with Gasteiger partial charge in [0.05, 0.1) is 0 Å². The number of aromatic nitrogens is 3. The molecule has 1 saturated heterocycles. The number of rotatable bonds is 8. The average molecular weight is 544 g/mol. The van der Waals surface area contributed by atoms with Crippen LogP contribution in [-0.2, 0) is 19.4 Å². The molecule has 2 N–H and O–H groups in total. The van der Waals surface area contributed by atoms with Gasteiger partial charge in [-0.25, -0.2) is 0 Å². The minimum atomic E-state index is 0. The Morgan fingerprint density at radius 2 is 1.94 bits per heavy atom. The van der Waals surface area contributed by atoms with E-state index in [4.69, 9.17) is 4.99 Å². The Bertz CT molecular complexity index is 683. The first-order valence-corrected chi connectivity index (χ1v) is 12.5. The van der Waals surface area contributed by atoms with Crippen LogP contribution in [-0.4, -0.2) is 64.4 Å². The van der Waals surface area contributed by atoms with E-state index in [0.29, 0.717) is 6.04 Å². The zero-order valence-electron chi connectivity index (χ0n) is 19.3. The van der Waals surface area contributed by atoms with E-state index in [2.05, 4.69) is 37.2 Å². The van der Waals surface area contributed by atoms with Crippen LogP contribution in [0.5, 0.6) is 0 Å². The summed E-state index contributed by atoms with van der Waals surface area (Å²) >= 11 is 0. The van der Waals surface area contributed by atoms with Crippen molar-refractivity contribution in [3.05, 3.63) is 11.6 Å². The summed E-state index contributed by atoms with van der Waals surface area (Å²) in [7, 11) is 0. The molecule has 1 saturated carbocycles. The van der Waals surface area contributed by atoms with Crippen molar-refractivity contribution < 1.29 is 0 Å². The second kappa shape index (κ2) is 13.0. The van der Waals surface area contributed by atoms with Gasteiger partial charge in [-0.1, -0.05) is 19.3 Å². The van der Waals surface area contributed by atoms with Crippen molar-refractivity contribution in [1.82, 2.24) is 30.3 Å². The maximum atomic E-state index is 4.85. The van der Waals surface area contributed by atoms with Crippen molar-refractivity contribution >= 4 is 29.9 Å². The number of guanidine groups is 1. The van der Waals surface area contributed by atoms with Crippen molar-refractivity contribution in [2.24, 2.45) is 10.9 Å². The summed E-state index contributed by atoms with van der Waals surface area (Å²) in [4.78, 5) is 7.51. The highest BCUT2D eigenvalue weighted by atomic mass is 127. The number of nitrogens with zero attached hydrogens (tertiary/aromatic N) is 5. The third-order valence-electron chi connectivity index (χ3n) is 6.96. The van der Waals surface area contributed by atoms with Gasteiger partial charge in [0, 0.05) is 58.2 Å². The van der Waals surface area contributed by atoms with Crippen molar-refractivity contribution in [2.75, 3.05) is 32.7 Å². The number of nitrogens with one attached hydrogen (secondary N) is 2. The van der Waals surface area contributed by atoms with Gasteiger partial charge >= 0.3 is 0 Å².